The Kier molecular flexibility index (Phi) is 6.05. The smallest absolute Gasteiger partial charge is 0.225 e. The van der Waals surface area contributed by atoms with Gasteiger partial charge in [-0.25, -0.2) is 18.2 Å². The van der Waals surface area contributed by atoms with Gasteiger partial charge in [-0.1, -0.05) is 0 Å². The summed E-state index contributed by atoms with van der Waals surface area (Å²) in [6.45, 7) is 1.32. The zero-order valence-electron chi connectivity index (χ0n) is 15.4. The van der Waals surface area contributed by atoms with Crippen molar-refractivity contribution >= 4 is 17.5 Å². The van der Waals surface area contributed by atoms with Gasteiger partial charge in [0.2, 0.25) is 5.95 Å². The number of likely N-dealkylation sites (N-methyl/N-ethyl adjacent to an activating group) is 1. The van der Waals surface area contributed by atoms with Crippen LogP contribution in [0, 0.1) is 17.5 Å². The number of hydrogen-bond donors (Lipinski definition) is 2. The van der Waals surface area contributed by atoms with Crippen LogP contribution in [0.1, 0.15) is 0 Å². The molecule has 6 nitrogen and oxygen atoms in total. The first kappa shape index (κ1) is 19.6. The molecule has 9 heteroatoms. The fourth-order valence-corrected chi connectivity index (χ4v) is 2.44. The summed E-state index contributed by atoms with van der Waals surface area (Å²) in [4.78, 5) is 14.7. The van der Waals surface area contributed by atoms with Crippen molar-refractivity contribution in [2.75, 3.05) is 37.8 Å². The first-order valence-corrected chi connectivity index (χ1v) is 8.52. The highest BCUT2D eigenvalue weighted by Crippen LogP contribution is 2.27. The third kappa shape index (κ3) is 4.95. The summed E-state index contributed by atoms with van der Waals surface area (Å²) in [6, 6.07) is 6.28. The van der Waals surface area contributed by atoms with E-state index < -0.39 is 23.1 Å². The SMILES string of the molecule is CN(C)CCNc1nc(Nc2c(F)cc(F)cc2F)cc(-c2ccncc2)n1. The van der Waals surface area contributed by atoms with Crippen LogP contribution in [-0.4, -0.2) is 47.0 Å². The molecule has 0 amide bonds. The predicted molar refractivity (Wildman–Crippen MR) is 102 cm³/mol. The molecule has 0 unspecified atom stereocenters. The van der Waals surface area contributed by atoms with Gasteiger partial charge in [-0.3, -0.25) is 4.98 Å². The molecule has 0 aliphatic rings. The van der Waals surface area contributed by atoms with E-state index in [9.17, 15) is 13.2 Å². The van der Waals surface area contributed by atoms with Crippen molar-refractivity contribution in [1.29, 1.82) is 0 Å². The summed E-state index contributed by atoms with van der Waals surface area (Å²) >= 11 is 0. The lowest BCUT2D eigenvalue weighted by Gasteiger charge is -2.14. The summed E-state index contributed by atoms with van der Waals surface area (Å²) in [7, 11) is 3.87. The summed E-state index contributed by atoms with van der Waals surface area (Å²) in [5, 5.41) is 5.67. The van der Waals surface area contributed by atoms with Crippen LogP contribution < -0.4 is 10.6 Å². The molecule has 2 heterocycles. The lowest BCUT2D eigenvalue weighted by molar-refractivity contribution is 0.425. The number of hydrogen-bond acceptors (Lipinski definition) is 6. The maximum absolute atomic E-state index is 14.0. The molecule has 146 valence electrons. The lowest BCUT2D eigenvalue weighted by Crippen LogP contribution is -2.21. The Bertz CT molecular complexity index is 927. The van der Waals surface area contributed by atoms with Crippen LogP contribution in [0.25, 0.3) is 11.3 Å². The van der Waals surface area contributed by atoms with Crippen LogP contribution >= 0.6 is 0 Å². The molecule has 0 saturated carbocycles. The second-order valence-corrected chi connectivity index (χ2v) is 6.30. The summed E-state index contributed by atoms with van der Waals surface area (Å²) in [6.07, 6.45) is 3.23. The standard InChI is InChI=1S/C19H19F3N6/c1-28(2)8-7-24-19-25-16(12-3-5-23-6-4-12)11-17(27-19)26-18-14(21)9-13(20)10-15(18)22/h3-6,9-11H,7-8H2,1-2H3,(H2,24,25,26,27). The van der Waals surface area contributed by atoms with Gasteiger partial charge in [-0.15, -0.1) is 0 Å². The van der Waals surface area contributed by atoms with Gasteiger partial charge < -0.3 is 15.5 Å². The van der Waals surface area contributed by atoms with Crippen molar-refractivity contribution < 1.29 is 13.2 Å². The second kappa shape index (κ2) is 8.66. The summed E-state index contributed by atoms with van der Waals surface area (Å²) < 4.78 is 41.1. The molecule has 1 aromatic carbocycles. The number of benzene rings is 1. The van der Waals surface area contributed by atoms with E-state index >= 15 is 0 Å². The third-order valence-electron chi connectivity index (χ3n) is 3.80. The maximum Gasteiger partial charge on any atom is 0.225 e. The Morgan fingerprint density at radius 3 is 2.29 bits per heavy atom. The molecule has 0 bridgehead atoms. The van der Waals surface area contributed by atoms with E-state index in [0.717, 1.165) is 12.1 Å². The fraction of sp³-hybridized carbons (Fsp3) is 0.211. The Labute approximate surface area is 160 Å². The minimum Gasteiger partial charge on any atom is -0.353 e. The van der Waals surface area contributed by atoms with Crippen molar-refractivity contribution in [2.24, 2.45) is 0 Å². The Morgan fingerprint density at radius 1 is 0.964 bits per heavy atom. The number of nitrogens with one attached hydrogen (secondary N) is 2. The van der Waals surface area contributed by atoms with Crippen molar-refractivity contribution in [3.05, 3.63) is 60.2 Å². The molecular weight excluding hydrogens is 369 g/mol. The Hall–Kier alpha value is -3.20. The number of nitrogens with zero attached hydrogens (tertiary/aromatic N) is 4. The second-order valence-electron chi connectivity index (χ2n) is 6.30. The third-order valence-corrected chi connectivity index (χ3v) is 3.80. The van der Waals surface area contributed by atoms with Gasteiger partial charge >= 0.3 is 0 Å². The Morgan fingerprint density at radius 2 is 1.64 bits per heavy atom. The average molecular weight is 388 g/mol. The molecule has 0 radical (unpaired) electrons. The van der Waals surface area contributed by atoms with Crippen LogP contribution in [0.5, 0.6) is 0 Å². The first-order valence-electron chi connectivity index (χ1n) is 8.52. The fourth-order valence-electron chi connectivity index (χ4n) is 2.44. The summed E-state index contributed by atoms with van der Waals surface area (Å²) in [5.41, 5.74) is 0.811. The predicted octanol–water partition coefficient (Wildman–Crippen LogP) is 3.67. The van der Waals surface area contributed by atoms with Gasteiger partial charge in [0.1, 0.15) is 17.3 Å². The van der Waals surface area contributed by atoms with E-state index in [0.29, 0.717) is 30.3 Å². The van der Waals surface area contributed by atoms with Gasteiger partial charge in [-0.05, 0) is 26.2 Å². The first-order chi connectivity index (χ1) is 13.4. The number of rotatable bonds is 7. The number of aromatic nitrogens is 3. The van der Waals surface area contributed by atoms with E-state index in [1.165, 1.54) is 0 Å². The minimum absolute atomic E-state index is 0.165. The highest BCUT2D eigenvalue weighted by Gasteiger charge is 2.14. The molecule has 2 aromatic heterocycles. The highest BCUT2D eigenvalue weighted by atomic mass is 19.1. The monoisotopic (exact) mass is 388 g/mol. The summed E-state index contributed by atoms with van der Waals surface area (Å²) in [5.74, 6) is -2.64. The maximum atomic E-state index is 14.0. The molecule has 0 atom stereocenters. The normalized spacial score (nSPS) is 10.9. The van der Waals surface area contributed by atoms with E-state index in [1.807, 2.05) is 19.0 Å². The molecule has 3 aromatic rings. The molecule has 28 heavy (non-hydrogen) atoms. The van der Waals surface area contributed by atoms with Gasteiger partial charge in [-0.2, -0.15) is 4.98 Å². The largest absolute Gasteiger partial charge is 0.353 e. The van der Waals surface area contributed by atoms with Crippen LogP contribution in [0.15, 0.2) is 42.7 Å². The van der Waals surface area contributed by atoms with Gasteiger partial charge in [0.05, 0.1) is 5.69 Å². The zero-order valence-corrected chi connectivity index (χ0v) is 15.4. The average Bonchev–Trinajstić information content (AvgIpc) is 2.65. The lowest BCUT2D eigenvalue weighted by atomic mass is 10.2. The van der Waals surface area contributed by atoms with E-state index in [2.05, 4.69) is 25.6 Å². The topological polar surface area (TPSA) is 66.0 Å². The molecule has 0 spiro atoms. The van der Waals surface area contributed by atoms with Crippen LogP contribution in [0.3, 0.4) is 0 Å². The van der Waals surface area contributed by atoms with Crippen LogP contribution in [0.4, 0.5) is 30.6 Å². The van der Waals surface area contributed by atoms with Crippen molar-refractivity contribution in [2.45, 2.75) is 0 Å². The molecule has 0 fully saturated rings. The van der Waals surface area contributed by atoms with Crippen molar-refractivity contribution in [3.63, 3.8) is 0 Å². The molecule has 0 aliphatic carbocycles. The molecule has 0 saturated heterocycles. The molecular formula is C19H19F3N6. The highest BCUT2D eigenvalue weighted by molar-refractivity contribution is 5.67. The van der Waals surface area contributed by atoms with Crippen molar-refractivity contribution in [3.8, 4) is 11.3 Å². The molecule has 0 aliphatic heterocycles. The molecule has 2 N–H and O–H groups in total. The van der Waals surface area contributed by atoms with Crippen molar-refractivity contribution in [1.82, 2.24) is 19.9 Å². The minimum atomic E-state index is -1.05. The van der Waals surface area contributed by atoms with Crippen LogP contribution in [-0.2, 0) is 0 Å². The number of pyridine rings is 1. The number of anilines is 3. The van der Waals surface area contributed by atoms with E-state index in [1.54, 1.807) is 30.6 Å². The molecule has 3 rings (SSSR count). The number of halogens is 3. The van der Waals surface area contributed by atoms with Gasteiger partial charge in [0.25, 0.3) is 0 Å². The van der Waals surface area contributed by atoms with Gasteiger partial charge in [0, 0.05) is 49.2 Å². The van der Waals surface area contributed by atoms with Gasteiger partial charge in [0.15, 0.2) is 11.6 Å². The van der Waals surface area contributed by atoms with Crippen LogP contribution in [0.2, 0.25) is 0 Å². The van der Waals surface area contributed by atoms with E-state index in [-0.39, 0.29) is 5.82 Å². The Balaban J connectivity index is 1.95. The quantitative estimate of drug-likeness (QED) is 0.644. The zero-order chi connectivity index (χ0) is 20.1. The van der Waals surface area contributed by atoms with E-state index in [4.69, 9.17) is 0 Å².